The zero-order chi connectivity index (χ0) is 13.4. The summed E-state index contributed by atoms with van der Waals surface area (Å²) in [6.07, 6.45) is 2.41. The van der Waals surface area contributed by atoms with Gasteiger partial charge in [-0.15, -0.1) is 11.8 Å². The molecule has 1 heterocycles. The van der Waals surface area contributed by atoms with E-state index in [-0.39, 0.29) is 17.9 Å². The number of rotatable bonds is 3. The summed E-state index contributed by atoms with van der Waals surface area (Å²) in [6.45, 7) is 2.05. The van der Waals surface area contributed by atoms with Crippen LogP contribution in [0.2, 0.25) is 0 Å². The number of amides is 2. The number of anilines is 1. The summed E-state index contributed by atoms with van der Waals surface area (Å²) < 4.78 is 0. The van der Waals surface area contributed by atoms with Crippen LogP contribution in [0.3, 0.4) is 0 Å². The fraction of sp³-hybridized carbons (Fsp3) is 0.429. The van der Waals surface area contributed by atoms with Crippen LogP contribution < -0.4 is 10.6 Å². The number of hydrogen-bond acceptors (Lipinski definition) is 3. The molecular weight excluding hydrogens is 260 g/mol. The molecule has 3 rings (SSSR count). The van der Waals surface area contributed by atoms with Crippen LogP contribution in [-0.2, 0) is 4.79 Å². The summed E-state index contributed by atoms with van der Waals surface area (Å²) in [7, 11) is 0. The Morgan fingerprint density at radius 1 is 1.47 bits per heavy atom. The van der Waals surface area contributed by atoms with Crippen molar-refractivity contribution >= 4 is 29.3 Å². The first kappa shape index (κ1) is 12.5. The van der Waals surface area contributed by atoms with Crippen LogP contribution in [0.1, 0.15) is 30.1 Å². The average Bonchev–Trinajstić information content (AvgIpc) is 3.22. The Morgan fingerprint density at radius 2 is 2.26 bits per heavy atom. The molecule has 1 aromatic carbocycles. The van der Waals surface area contributed by atoms with Crippen molar-refractivity contribution in [3.63, 3.8) is 0 Å². The van der Waals surface area contributed by atoms with Gasteiger partial charge < -0.3 is 10.6 Å². The van der Waals surface area contributed by atoms with E-state index in [4.69, 9.17) is 0 Å². The third-order valence-electron chi connectivity index (χ3n) is 3.56. The van der Waals surface area contributed by atoms with Gasteiger partial charge in [0.05, 0.1) is 11.4 Å². The Bertz CT molecular complexity index is 540. The number of carbonyl (C=O) groups is 2. The van der Waals surface area contributed by atoms with Crippen LogP contribution in [0.15, 0.2) is 23.1 Å². The zero-order valence-electron chi connectivity index (χ0n) is 10.7. The van der Waals surface area contributed by atoms with Crippen molar-refractivity contribution in [2.24, 2.45) is 5.92 Å². The van der Waals surface area contributed by atoms with E-state index in [1.54, 1.807) is 6.07 Å². The topological polar surface area (TPSA) is 58.2 Å². The number of thioether (sulfide) groups is 1. The smallest absolute Gasteiger partial charge is 0.251 e. The van der Waals surface area contributed by atoms with E-state index < -0.39 is 0 Å². The molecule has 0 radical (unpaired) electrons. The lowest BCUT2D eigenvalue weighted by molar-refractivity contribution is -0.113. The van der Waals surface area contributed by atoms with Crippen molar-refractivity contribution in [3.8, 4) is 0 Å². The highest BCUT2D eigenvalue weighted by atomic mass is 32.2. The Morgan fingerprint density at radius 3 is 3.00 bits per heavy atom. The summed E-state index contributed by atoms with van der Waals surface area (Å²) in [6, 6.07) is 5.70. The van der Waals surface area contributed by atoms with E-state index in [0.717, 1.165) is 10.6 Å². The number of fused-ring (bicyclic) bond motifs is 1. The maximum absolute atomic E-state index is 12.1. The summed E-state index contributed by atoms with van der Waals surface area (Å²) >= 11 is 1.50. The van der Waals surface area contributed by atoms with E-state index in [2.05, 4.69) is 10.6 Å². The maximum Gasteiger partial charge on any atom is 0.251 e. The van der Waals surface area contributed by atoms with E-state index in [9.17, 15) is 9.59 Å². The highest BCUT2D eigenvalue weighted by molar-refractivity contribution is 8.00. The van der Waals surface area contributed by atoms with E-state index in [0.29, 0.717) is 17.2 Å². The number of carbonyl (C=O) groups excluding carboxylic acids is 2. The normalized spacial score (nSPS) is 19.3. The minimum absolute atomic E-state index is 0.0126. The highest BCUT2D eigenvalue weighted by Crippen LogP contribution is 2.33. The van der Waals surface area contributed by atoms with Crippen LogP contribution in [0.5, 0.6) is 0 Å². The molecule has 0 saturated heterocycles. The van der Waals surface area contributed by atoms with Crippen LogP contribution in [0, 0.1) is 5.92 Å². The van der Waals surface area contributed by atoms with Crippen molar-refractivity contribution in [1.29, 1.82) is 0 Å². The molecule has 0 bridgehead atoms. The molecule has 2 aliphatic rings. The molecule has 1 aromatic rings. The minimum atomic E-state index is -0.0629. The molecule has 1 aliphatic carbocycles. The van der Waals surface area contributed by atoms with E-state index in [1.807, 2.05) is 19.1 Å². The molecule has 19 heavy (non-hydrogen) atoms. The van der Waals surface area contributed by atoms with Crippen molar-refractivity contribution in [1.82, 2.24) is 5.32 Å². The Balaban J connectivity index is 1.75. The molecule has 1 atom stereocenters. The molecule has 4 nitrogen and oxygen atoms in total. The van der Waals surface area contributed by atoms with Crippen molar-refractivity contribution in [2.75, 3.05) is 11.1 Å². The zero-order valence-corrected chi connectivity index (χ0v) is 11.5. The van der Waals surface area contributed by atoms with Gasteiger partial charge in [-0.05, 0) is 43.9 Å². The molecule has 0 aromatic heterocycles. The van der Waals surface area contributed by atoms with Gasteiger partial charge in [0.2, 0.25) is 5.91 Å². The van der Waals surface area contributed by atoms with Gasteiger partial charge in [-0.3, -0.25) is 9.59 Å². The molecular formula is C14H16N2O2S. The Kier molecular flexibility index (Phi) is 3.22. The molecule has 1 saturated carbocycles. The summed E-state index contributed by atoms with van der Waals surface area (Å²) in [5.41, 5.74) is 1.35. The molecule has 0 spiro atoms. The second-order valence-corrected chi connectivity index (χ2v) is 6.16. The lowest BCUT2D eigenvalue weighted by atomic mass is 10.1. The van der Waals surface area contributed by atoms with Gasteiger partial charge in [0, 0.05) is 16.5 Å². The fourth-order valence-corrected chi connectivity index (χ4v) is 3.02. The molecule has 0 unspecified atom stereocenters. The molecule has 5 heteroatoms. The lowest BCUT2D eigenvalue weighted by Gasteiger charge is -2.18. The summed E-state index contributed by atoms with van der Waals surface area (Å²) in [5, 5.41) is 5.82. The number of nitrogens with one attached hydrogen (secondary N) is 2. The Labute approximate surface area is 116 Å². The second-order valence-electron chi connectivity index (χ2n) is 5.15. The SMILES string of the molecule is C[C@H](NC(=O)c1ccc2c(c1)NC(=O)CS2)C1CC1. The minimum Gasteiger partial charge on any atom is -0.349 e. The molecule has 100 valence electrons. The maximum atomic E-state index is 12.1. The first-order valence-electron chi connectivity index (χ1n) is 6.51. The second kappa shape index (κ2) is 4.89. The van der Waals surface area contributed by atoms with Gasteiger partial charge in [-0.2, -0.15) is 0 Å². The van der Waals surface area contributed by atoms with Gasteiger partial charge >= 0.3 is 0 Å². The molecule has 1 fully saturated rings. The van der Waals surface area contributed by atoms with Gasteiger partial charge in [0.1, 0.15) is 0 Å². The summed E-state index contributed by atoms with van der Waals surface area (Å²) in [5.74, 6) is 1.00. The standard InChI is InChI=1S/C14H16N2O2S/c1-8(9-2-3-9)15-14(18)10-4-5-12-11(6-10)16-13(17)7-19-12/h4-6,8-9H,2-3,7H2,1H3,(H,15,18)(H,16,17)/t8-/m0/s1. The predicted octanol–water partition coefficient (Wildman–Crippen LogP) is 2.26. The molecule has 2 amide bonds. The number of hydrogen-bond donors (Lipinski definition) is 2. The van der Waals surface area contributed by atoms with Crippen molar-refractivity contribution in [3.05, 3.63) is 23.8 Å². The van der Waals surface area contributed by atoms with Crippen LogP contribution in [-0.4, -0.2) is 23.6 Å². The quantitative estimate of drug-likeness (QED) is 0.890. The van der Waals surface area contributed by atoms with Crippen LogP contribution in [0.25, 0.3) is 0 Å². The fourth-order valence-electron chi connectivity index (χ4n) is 2.23. The summed E-state index contributed by atoms with van der Waals surface area (Å²) in [4.78, 5) is 24.5. The lowest BCUT2D eigenvalue weighted by Crippen LogP contribution is -2.34. The van der Waals surface area contributed by atoms with Crippen LogP contribution >= 0.6 is 11.8 Å². The largest absolute Gasteiger partial charge is 0.349 e. The van der Waals surface area contributed by atoms with Gasteiger partial charge in [-0.1, -0.05) is 0 Å². The molecule has 1 aliphatic heterocycles. The van der Waals surface area contributed by atoms with Gasteiger partial charge in [-0.25, -0.2) is 0 Å². The first-order chi connectivity index (χ1) is 9.13. The first-order valence-corrected chi connectivity index (χ1v) is 7.49. The number of benzene rings is 1. The van der Waals surface area contributed by atoms with Gasteiger partial charge in [0.25, 0.3) is 5.91 Å². The third-order valence-corrected chi connectivity index (χ3v) is 4.64. The Hall–Kier alpha value is -1.49. The van der Waals surface area contributed by atoms with Gasteiger partial charge in [0.15, 0.2) is 0 Å². The average molecular weight is 276 g/mol. The monoisotopic (exact) mass is 276 g/mol. The highest BCUT2D eigenvalue weighted by Gasteiger charge is 2.29. The van der Waals surface area contributed by atoms with Crippen molar-refractivity contribution in [2.45, 2.75) is 30.7 Å². The van der Waals surface area contributed by atoms with E-state index >= 15 is 0 Å². The van der Waals surface area contributed by atoms with Crippen molar-refractivity contribution < 1.29 is 9.59 Å². The van der Waals surface area contributed by atoms with E-state index in [1.165, 1.54) is 24.6 Å². The van der Waals surface area contributed by atoms with Crippen LogP contribution in [0.4, 0.5) is 5.69 Å². The molecule has 2 N–H and O–H groups in total. The third kappa shape index (κ3) is 2.76. The predicted molar refractivity (Wildman–Crippen MR) is 75.4 cm³/mol.